The Morgan fingerprint density at radius 2 is 2.17 bits per heavy atom. The third-order valence-corrected chi connectivity index (χ3v) is 4.85. The van der Waals surface area contributed by atoms with Gasteiger partial charge in [0.2, 0.25) is 5.91 Å². The normalized spacial score (nSPS) is 16.7. The van der Waals surface area contributed by atoms with Gasteiger partial charge < -0.3 is 4.90 Å². The lowest BCUT2D eigenvalue weighted by atomic mass is 9.94. The van der Waals surface area contributed by atoms with Gasteiger partial charge >= 0.3 is 0 Å². The van der Waals surface area contributed by atoms with Gasteiger partial charge in [-0.1, -0.05) is 25.3 Å². The van der Waals surface area contributed by atoms with Crippen molar-refractivity contribution < 1.29 is 4.79 Å². The molecule has 1 fully saturated rings. The van der Waals surface area contributed by atoms with Gasteiger partial charge in [-0.15, -0.1) is 11.3 Å². The highest BCUT2D eigenvalue weighted by atomic mass is 32.1. The molecule has 2 nitrogen and oxygen atoms in total. The first-order chi connectivity index (χ1) is 8.77. The van der Waals surface area contributed by atoms with Crippen LogP contribution in [0.25, 0.3) is 0 Å². The van der Waals surface area contributed by atoms with Crippen LogP contribution >= 0.6 is 11.3 Å². The summed E-state index contributed by atoms with van der Waals surface area (Å²) in [5.41, 5.74) is 0. The van der Waals surface area contributed by atoms with Crippen LogP contribution in [0.1, 0.15) is 49.8 Å². The van der Waals surface area contributed by atoms with Crippen LogP contribution in [-0.2, 0) is 11.2 Å². The van der Waals surface area contributed by atoms with E-state index >= 15 is 0 Å². The minimum absolute atomic E-state index is 0.332. The predicted molar refractivity (Wildman–Crippen MR) is 76.9 cm³/mol. The lowest BCUT2D eigenvalue weighted by Gasteiger charge is -2.31. The molecule has 1 aliphatic rings. The summed E-state index contributed by atoms with van der Waals surface area (Å²) >= 11 is 1.79. The van der Waals surface area contributed by atoms with Gasteiger partial charge in [-0.2, -0.15) is 0 Å². The SMILES string of the molecule is CN(C(=O)CCCc1cccs1)C1CCCCC1. The predicted octanol–water partition coefficient (Wildman–Crippen LogP) is 3.86. The van der Waals surface area contributed by atoms with Crippen LogP contribution in [0.3, 0.4) is 0 Å². The average molecular weight is 265 g/mol. The summed E-state index contributed by atoms with van der Waals surface area (Å²) in [6.45, 7) is 0. The topological polar surface area (TPSA) is 20.3 Å². The zero-order chi connectivity index (χ0) is 12.8. The average Bonchev–Trinajstić information content (AvgIpc) is 2.92. The van der Waals surface area contributed by atoms with E-state index in [9.17, 15) is 4.79 Å². The minimum Gasteiger partial charge on any atom is -0.343 e. The highest BCUT2D eigenvalue weighted by molar-refractivity contribution is 7.09. The molecule has 1 aromatic heterocycles. The standard InChI is InChI=1S/C15H23NOS/c1-16(13-7-3-2-4-8-13)15(17)11-5-9-14-10-6-12-18-14/h6,10,12-13H,2-5,7-9,11H2,1H3. The molecule has 0 bridgehead atoms. The van der Waals surface area contributed by atoms with Crippen molar-refractivity contribution in [3.8, 4) is 0 Å². The first-order valence-corrected chi connectivity index (χ1v) is 7.93. The van der Waals surface area contributed by atoms with Crippen molar-refractivity contribution in [2.45, 2.75) is 57.4 Å². The fourth-order valence-corrected chi connectivity index (χ4v) is 3.47. The molecule has 0 radical (unpaired) electrons. The summed E-state index contributed by atoms with van der Waals surface area (Å²) in [6, 6.07) is 4.74. The molecule has 1 aromatic rings. The smallest absolute Gasteiger partial charge is 0.222 e. The molecule has 0 saturated heterocycles. The largest absolute Gasteiger partial charge is 0.343 e. The maximum atomic E-state index is 12.1. The van der Waals surface area contributed by atoms with E-state index < -0.39 is 0 Å². The van der Waals surface area contributed by atoms with E-state index in [1.165, 1.54) is 37.0 Å². The second kappa shape index (κ2) is 6.93. The number of thiophene rings is 1. The zero-order valence-corrected chi connectivity index (χ0v) is 12.0. The maximum absolute atomic E-state index is 12.1. The van der Waals surface area contributed by atoms with Crippen LogP contribution in [0.5, 0.6) is 0 Å². The van der Waals surface area contributed by atoms with Gasteiger partial charge in [-0.25, -0.2) is 0 Å². The molecular formula is C15H23NOS. The van der Waals surface area contributed by atoms with E-state index in [4.69, 9.17) is 0 Å². The highest BCUT2D eigenvalue weighted by Crippen LogP contribution is 2.22. The molecule has 1 amide bonds. The second-order valence-corrected chi connectivity index (χ2v) is 6.26. The number of nitrogens with zero attached hydrogens (tertiary/aromatic N) is 1. The Hall–Kier alpha value is -0.830. The van der Waals surface area contributed by atoms with E-state index in [2.05, 4.69) is 17.5 Å². The summed E-state index contributed by atoms with van der Waals surface area (Å²) in [5.74, 6) is 0.332. The fourth-order valence-electron chi connectivity index (χ4n) is 2.72. The third-order valence-electron chi connectivity index (χ3n) is 3.91. The van der Waals surface area contributed by atoms with E-state index in [0.29, 0.717) is 18.4 Å². The molecule has 1 saturated carbocycles. The molecular weight excluding hydrogens is 242 g/mol. The van der Waals surface area contributed by atoms with Crippen LogP contribution < -0.4 is 0 Å². The van der Waals surface area contributed by atoms with Crippen molar-refractivity contribution in [1.82, 2.24) is 4.90 Å². The molecule has 0 unspecified atom stereocenters. The van der Waals surface area contributed by atoms with E-state index in [-0.39, 0.29) is 0 Å². The van der Waals surface area contributed by atoms with Crippen LogP contribution in [0, 0.1) is 0 Å². The lowest BCUT2D eigenvalue weighted by Crippen LogP contribution is -2.38. The number of aryl methyl sites for hydroxylation is 1. The van der Waals surface area contributed by atoms with Crippen LogP contribution in [0.2, 0.25) is 0 Å². The molecule has 0 atom stereocenters. The molecule has 2 rings (SSSR count). The van der Waals surface area contributed by atoms with E-state index in [1.54, 1.807) is 11.3 Å². The van der Waals surface area contributed by atoms with Gasteiger partial charge in [0.15, 0.2) is 0 Å². The Morgan fingerprint density at radius 3 is 2.83 bits per heavy atom. The highest BCUT2D eigenvalue weighted by Gasteiger charge is 2.21. The first kappa shape index (κ1) is 13.6. The molecule has 18 heavy (non-hydrogen) atoms. The van der Waals surface area contributed by atoms with Gasteiger partial charge in [-0.3, -0.25) is 4.79 Å². The number of amides is 1. The number of rotatable bonds is 5. The number of hydrogen-bond acceptors (Lipinski definition) is 2. The van der Waals surface area contributed by atoms with Crippen LogP contribution in [0.4, 0.5) is 0 Å². The molecule has 0 aromatic carbocycles. The minimum atomic E-state index is 0.332. The summed E-state index contributed by atoms with van der Waals surface area (Å²) in [5, 5.41) is 2.10. The van der Waals surface area contributed by atoms with Gasteiger partial charge in [0.05, 0.1) is 0 Å². The van der Waals surface area contributed by atoms with Gasteiger partial charge in [-0.05, 0) is 37.1 Å². The zero-order valence-electron chi connectivity index (χ0n) is 11.2. The van der Waals surface area contributed by atoms with Crippen molar-refractivity contribution in [3.05, 3.63) is 22.4 Å². The first-order valence-electron chi connectivity index (χ1n) is 7.05. The quantitative estimate of drug-likeness (QED) is 0.791. The molecule has 0 spiro atoms. The Kier molecular flexibility index (Phi) is 5.24. The summed E-state index contributed by atoms with van der Waals surface area (Å²) in [7, 11) is 1.99. The molecule has 1 aliphatic carbocycles. The summed E-state index contributed by atoms with van der Waals surface area (Å²) < 4.78 is 0. The van der Waals surface area contributed by atoms with E-state index in [0.717, 1.165) is 12.8 Å². The van der Waals surface area contributed by atoms with E-state index in [1.807, 2.05) is 11.9 Å². The van der Waals surface area contributed by atoms with Gasteiger partial charge in [0.1, 0.15) is 0 Å². The van der Waals surface area contributed by atoms with Crippen LogP contribution in [-0.4, -0.2) is 23.9 Å². The Bertz CT molecular complexity index is 355. The van der Waals surface area contributed by atoms with Gasteiger partial charge in [0.25, 0.3) is 0 Å². The second-order valence-electron chi connectivity index (χ2n) is 5.23. The maximum Gasteiger partial charge on any atom is 0.222 e. The Labute approximate surface area is 114 Å². The Balaban J connectivity index is 1.70. The van der Waals surface area contributed by atoms with Crippen LogP contribution in [0.15, 0.2) is 17.5 Å². The van der Waals surface area contributed by atoms with Crippen molar-refractivity contribution in [1.29, 1.82) is 0 Å². The lowest BCUT2D eigenvalue weighted by molar-refractivity contribution is -0.132. The number of carbonyl (C=O) groups is 1. The fraction of sp³-hybridized carbons (Fsp3) is 0.667. The molecule has 3 heteroatoms. The van der Waals surface area contributed by atoms with Crippen molar-refractivity contribution >= 4 is 17.2 Å². The molecule has 0 aliphatic heterocycles. The van der Waals surface area contributed by atoms with Crippen molar-refractivity contribution in [2.75, 3.05) is 7.05 Å². The number of hydrogen-bond donors (Lipinski definition) is 0. The molecule has 0 N–H and O–H groups in total. The monoisotopic (exact) mass is 265 g/mol. The molecule has 1 heterocycles. The number of carbonyl (C=O) groups excluding carboxylic acids is 1. The molecule has 100 valence electrons. The summed E-state index contributed by atoms with van der Waals surface area (Å²) in [6.07, 6.45) is 9.05. The van der Waals surface area contributed by atoms with Crippen molar-refractivity contribution in [2.24, 2.45) is 0 Å². The third kappa shape index (κ3) is 3.84. The summed E-state index contributed by atoms with van der Waals surface area (Å²) in [4.78, 5) is 15.5. The van der Waals surface area contributed by atoms with Crippen molar-refractivity contribution in [3.63, 3.8) is 0 Å². The van der Waals surface area contributed by atoms with Gasteiger partial charge in [0, 0.05) is 24.4 Å². The Morgan fingerprint density at radius 1 is 1.39 bits per heavy atom.